The highest BCUT2D eigenvalue weighted by Gasteiger charge is 2.10. The van der Waals surface area contributed by atoms with Crippen molar-refractivity contribution in [2.24, 2.45) is 0 Å². The fourth-order valence-corrected chi connectivity index (χ4v) is 0.999. The predicted octanol–water partition coefficient (Wildman–Crippen LogP) is 1.04. The van der Waals surface area contributed by atoms with Gasteiger partial charge in [-0.1, -0.05) is 12.2 Å². The Morgan fingerprint density at radius 2 is 2.12 bits per heavy atom. The number of rotatable bonds is 8. The molecule has 0 aromatic heterocycles. The number of nitrogens with one attached hydrogen (secondary N) is 1. The largest absolute Gasteiger partial charge is 0.376 e. The highest BCUT2D eigenvalue weighted by atomic mass is 16.5. The summed E-state index contributed by atoms with van der Waals surface area (Å²) in [7, 11) is 1.81. The Morgan fingerprint density at radius 1 is 1.50 bits per heavy atom. The molecule has 1 amide bonds. The zero-order chi connectivity index (χ0) is 12.6. The molecule has 0 unspecified atom stereocenters. The topological polar surface area (TPSA) is 41.6 Å². The van der Waals surface area contributed by atoms with Crippen LogP contribution in [-0.4, -0.2) is 50.2 Å². The molecule has 0 aromatic rings. The molecule has 0 bridgehead atoms. The van der Waals surface area contributed by atoms with Crippen LogP contribution in [0.2, 0.25) is 0 Å². The summed E-state index contributed by atoms with van der Waals surface area (Å²) in [6.07, 6.45) is 0. The minimum atomic E-state index is 0.106. The van der Waals surface area contributed by atoms with Crippen LogP contribution in [-0.2, 0) is 9.53 Å². The van der Waals surface area contributed by atoms with E-state index in [1.807, 2.05) is 27.8 Å². The van der Waals surface area contributed by atoms with E-state index >= 15 is 0 Å². The van der Waals surface area contributed by atoms with E-state index < -0.39 is 0 Å². The number of carbonyl (C=O) groups excluding carboxylic acids is 1. The van der Waals surface area contributed by atoms with Crippen molar-refractivity contribution < 1.29 is 9.53 Å². The SMILES string of the molecule is C=C(C)COCCNCC(=O)N(C)C(C)C. The molecule has 0 heterocycles. The highest BCUT2D eigenvalue weighted by molar-refractivity contribution is 5.78. The van der Waals surface area contributed by atoms with Gasteiger partial charge in [0.1, 0.15) is 0 Å². The predicted molar refractivity (Wildman–Crippen MR) is 66.4 cm³/mol. The maximum atomic E-state index is 11.5. The van der Waals surface area contributed by atoms with Crippen LogP contribution in [0, 0.1) is 0 Å². The number of amides is 1. The fraction of sp³-hybridized carbons (Fsp3) is 0.750. The molecule has 0 aromatic carbocycles. The average molecular weight is 228 g/mol. The maximum Gasteiger partial charge on any atom is 0.236 e. The molecule has 16 heavy (non-hydrogen) atoms. The van der Waals surface area contributed by atoms with Crippen LogP contribution in [0.4, 0.5) is 0 Å². The number of nitrogens with zero attached hydrogens (tertiary/aromatic N) is 1. The van der Waals surface area contributed by atoms with Crippen LogP contribution < -0.4 is 5.32 Å². The van der Waals surface area contributed by atoms with Gasteiger partial charge in [-0.15, -0.1) is 0 Å². The minimum Gasteiger partial charge on any atom is -0.376 e. The lowest BCUT2D eigenvalue weighted by Gasteiger charge is -2.21. The molecule has 1 N–H and O–H groups in total. The van der Waals surface area contributed by atoms with Crippen molar-refractivity contribution in [1.29, 1.82) is 0 Å². The second-order valence-electron chi connectivity index (χ2n) is 4.28. The number of hydrogen-bond donors (Lipinski definition) is 1. The van der Waals surface area contributed by atoms with E-state index in [1.165, 1.54) is 0 Å². The van der Waals surface area contributed by atoms with Crippen molar-refractivity contribution in [3.05, 3.63) is 12.2 Å². The van der Waals surface area contributed by atoms with Crippen molar-refractivity contribution in [2.75, 3.05) is 33.4 Å². The first-order valence-corrected chi connectivity index (χ1v) is 5.63. The Kier molecular flexibility index (Phi) is 7.85. The molecule has 0 radical (unpaired) electrons. The van der Waals surface area contributed by atoms with Gasteiger partial charge in [0.25, 0.3) is 0 Å². The van der Waals surface area contributed by atoms with Gasteiger partial charge in [0, 0.05) is 19.6 Å². The molecule has 0 saturated carbocycles. The Hall–Kier alpha value is -0.870. The van der Waals surface area contributed by atoms with E-state index in [9.17, 15) is 4.79 Å². The molecule has 0 rings (SSSR count). The molecule has 94 valence electrons. The van der Waals surface area contributed by atoms with E-state index in [0.717, 1.165) is 5.57 Å². The van der Waals surface area contributed by atoms with Gasteiger partial charge in [0.15, 0.2) is 0 Å². The minimum absolute atomic E-state index is 0.106. The molecule has 0 spiro atoms. The first-order chi connectivity index (χ1) is 7.45. The summed E-state index contributed by atoms with van der Waals surface area (Å²) in [5.74, 6) is 0.106. The summed E-state index contributed by atoms with van der Waals surface area (Å²) in [5, 5.41) is 3.05. The Bertz CT molecular complexity index is 227. The molecule has 0 aliphatic rings. The number of ether oxygens (including phenoxy) is 1. The van der Waals surface area contributed by atoms with Crippen molar-refractivity contribution in [3.63, 3.8) is 0 Å². The first-order valence-electron chi connectivity index (χ1n) is 5.63. The van der Waals surface area contributed by atoms with Gasteiger partial charge in [-0.3, -0.25) is 4.79 Å². The van der Waals surface area contributed by atoms with Crippen LogP contribution in [0.3, 0.4) is 0 Å². The summed E-state index contributed by atoms with van der Waals surface area (Å²) in [4.78, 5) is 13.3. The lowest BCUT2D eigenvalue weighted by molar-refractivity contribution is -0.130. The molecular weight excluding hydrogens is 204 g/mol. The lowest BCUT2D eigenvalue weighted by Crippen LogP contribution is -2.40. The second-order valence-corrected chi connectivity index (χ2v) is 4.28. The van der Waals surface area contributed by atoms with Crippen LogP contribution in [0.25, 0.3) is 0 Å². The Morgan fingerprint density at radius 3 is 2.62 bits per heavy atom. The second kappa shape index (κ2) is 8.30. The van der Waals surface area contributed by atoms with E-state index in [0.29, 0.717) is 26.3 Å². The molecule has 0 fully saturated rings. The Balaban J connectivity index is 3.45. The van der Waals surface area contributed by atoms with E-state index in [-0.39, 0.29) is 11.9 Å². The first kappa shape index (κ1) is 15.1. The zero-order valence-electron chi connectivity index (χ0n) is 10.9. The van der Waals surface area contributed by atoms with Crippen LogP contribution >= 0.6 is 0 Å². The molecular formula is C12H24N2O2. The van der Waals surface area contributed by atoms with Crippen molar-refractivity contribution in [2.45, 2.75) is 26.8 Å². The summed E-state index contributed by atoms with van der Waals surface area (Å²) in [6.45, 7) is 11.9. The van der Waals surface area contributed by atoms with E-state index in [1.54, 1.807) is 4.90 Å². The third-order valence-corrected chi connectivity index (χ3v) is 2.22. The van der Waals surface area contributed by atoms with Crippen LogP contribution in [0.15, 0.2) is 12.2 Å². The molecule has 4 nitrogen and oxygen atoms in total. The van der Waals surface area contributed by atoms with Crippen LogP contribution in [0.5, 0.6) is 0 Å². The third-order valence-electron chi connectivity index (χ3n) is 2.22. The zero-order valence-corrected chi connectivity index (χ0v) is 10.9. The summed E-state index contributed by atoms with van der Waals surface area (Å²) in [6, 6.07) is 0.244. The fourth-order valence-electron chi connectivity index (χ4n) is 0.999. The quantitative estimate of drug-likeness (QED) is 0.498. The van der Waals surface area contributed by atoms with Gasteiger partial charge in [-0.25, -0.2) is 0 Å². The van der Waals surface area contributed by atoms with Gasteiger partial charge in [0.2, 0.25) is 5.91 Å². The molecule has 0 aliphatic carbocycles. The molecule has 0 atom stereocenters. The van der Waals surface area contributed by atoms with Gasteiger partial charge in [-0.2, -0.15) is 0 Å². The van der Waals surface area contributed by atoms with Crippen LogP contribution in [0.1, 0.15) is 20.8 Å². The van der Waals surface area contributed by atoms with Crippen molar-refractivity contribution in [3.8, 4) is 0 Å². The normalized spacial score (nSPS) is 10.6. The monoisotopic (exact) mass is 228 g/mol. The molecule has 0 saturated heterocycles. The number of carbonyl (C=O) groups is 1. The van der Waals surface area contributed by atoms with Crippen molar-refractivity contribution in [1.82, 2.24) is 10.2 Å². The smallest absolute Gasteiger partial charge is 0.236 e. The number of hydrogen-bond acceptors (Lipinski definition) is 3. The third kappa shape index (κ3) is 7.43. The Labute approximate surface area is 98.6 Å². The van der Waals surface area contributed by atoms with Gasteiger partial charge >= 0.3 is 0 Å². The summed E-state index contributed by atoms with van der Waals surface area (Å²) >= 11 is 0. The van der Waals surface area contributed by atoms with Gasteiger partial charge < -0.3 is 15.0 Å². The van der Waals surface area contributed by atoms with Gasteiger partial charge in [0.05, 0.1) is 19.8 Å². The maximum absolute atomic E-state index is 11.5. The molecule has 4 heteroatoms. The average Bonchev–Trinajstić information content (AvgIpc) is 2.21. The molecule has 0 aliphatic heterocycles. The standard InChI is InChI=1S/C12H24N2O2/c1-10(2)9-16-7-6-13-8-12(15)14(5)11(3)4/h11,13H,1,6-9H2,2-5H3. The van der Waals surface area contributed by atoms with E-state index in [2.05, 4.69) is 11.9 Å². The number of likely N-dealkylation sites (N-methyl/N-ethyl adjacent to an activating group) is 1. The summed E-state index contributed by atoms with van der Waals surface area (Å²) in [5.41, 5.74) is 1.01. The van der Waals surface area contributed by atoms with Gasteiger partial charge in [-0.05, 0) is 20.8 Å². The highest BCUT2D eigenvalue weighted by Crippen LogP contribution is 1.93. The van der Waals surface area contributed by atoms with E-state index in [4.69, 9.17) is 4.74 Å². The lowest BCUT2D eigenvalue weighted by atomic mass is 10.3. The summed E-state index contributed by atoms with van der Waals surface area (Å²) < 4.78 is 5.30. The van der Waals surface area contributed by atoms with Crippen molar-refractivity contribution >= 4 is 5.91 Å².